The molecule has 1 N–H and O–H groups in total. The minimum Gasteiger partial charge on any atom is -0.478 e. The number of ether oxygens (including phenoxy) is 1. The van der Waals surface area contributed by atoms with E-state index in [4.69, 9.17) is 16.3 Å². The van der Waals surface area contributed by atoms with Crippen LogP contribution in [0.3, 0.4) is 0 Å². The summed E-state index contributed by atoms with van der Waals surface area (Å²) in [7, 11) is 0. The molecule has 1 heterocycles. The van der Waals surface area contributed by atoms with Gasteiger partial charge in [-0.15, -0.1) is 11.3 Å². The Balaban J connectivity index is 1.57. The Bertz CT molecular complexity index is 1060. The summed E-state index contributed by atoms with van der Waals surface area (Å²) in [5.74, 6) is -0.454. The smallest absolute Gasteiger partial charge is 0.335 e. The first-order valence-corrected chi connectivity index (χ1v) is 12.4. The van der Waals surface area contributed by atoms with Crippen molar-refractivity contribution in [3.8, 4) is 11.1 Å². The third-order valence-corrected chi connectivity index (χ3v) is 7.83. The van der Waals surface area contributed by atoms with Gasteiger partial charge in [0.15, 0.2) is 0 Å². The number of hydrogen-bond acceptors (Lipinski definition) is 4. The molecule has 168 valence electrons. The van der Waals surface area contributed by atoms with Gasteiger partial charge < -0.3 is 9.84 Å². The molecule has 1 aromatic heterocycles. The van der Waals surface area contributed by atoms with Gasteiger partial charge in [0.05, 0.1) is 22.6 Å². The summed E-state index contributed by atoms with van der Waals surface area (Å²) in [6, 6.07) is 12.7. The van der Waals surface area contributed by atoms with Crippen molar-refractivity contribution in [2.75, 3.05) is 0 Å². The van der Waals surface area contributed by atoms with Crippen LogP contribution in [0.25, 0.3) is 11.1 Å². The molecule has 0 saturated heterocycles. The van der Waals surface area contributed by atoms with Gasteiger partial charge in [-0.25, -0.2) is 4.79 Å². The lowest BCUT2D eigenvalue weighted by Crippen LogP contribution is -2.38. The van der Waals surface area contributed by atoms with Crippen LogP contribution in [0, 0.1) is 5.92 Å². The van der Waals surface area contributed by atoms with Gasteiger partial charge in [-0.2, -0.15) is 0 Å². The number of rotatable bonds is 8. The SMILES string of the molecule is CCC(OCc1ccc(-c2cccc(C(=O)O)c2)c(Cl)c1)(c1cncs1)C1CCCCC1. The van der Waals surface area contributed by atoms with E-state index in [9.17, 15) is 9.90 Å². The molecule has 0 amide bonds. The summed E-state index contributed by atoms with van der Waals surface area (Å²) in [5.41, 5.74) is 4.43. The molecule has 4 rings (SSSR count). The molecule has 4 nitrogen and oxygen atoms in total. The second kappa shape index (κ2) is 10.2. The van der Waals surface area contributed by atoms with Crippen LogP contribution in [0.15, 0.2) is 54.2 Å². The molecular weight excluding hydrogens is 442 g/mol. The monoisotopic (exact) mass is 469 g/mol. The zero-order valence-electron chi connectivity index (χ0n) is 18.2. The van der Waals surface area contributed by atoms with E-state index < -0.39 is 5.97 Å². The maximum absolute atomic E-state index is 11.3. The van der Waals surface area contributed by atoms with Crippen molar-refractivity contribution in [2.24, 2.45) is 5.92 Å². The molecule has 1 atom stereocenters. The van der Waals surface area contributed by atoms with E-state index >= 15 is 0 Å². The van der Waals surface area contributed by atoms with Gasteiger partial charge in [-0.05, 0) is 54.5 Å². The van der Waals surface area contributed by atoms with Crippen LogP contribution in [0.4, 0.5) is 0 Å². The molecule has 1 aliphatic carbocycles. The molecule has 6 heteroatoms. The van der Waals surface area contributed by atoms with Gasteiger partial charge in [0, 0.05) is 16.8 Å². The fraction of sp³-hybridized carbons (Fsp3) is 0.385. The quantitative estimate of drug-likeness (QED) is 0.369. The number of carbonyl (C=O) groups is 1. The Morgan fingerprint density at radius 2 is 2.03 bits per heavy atom. The molecule has 0 bridgehead atoms. The molecular formula is C26H28ClNO3S. The molecule has 1 fully saturated rings. The summed E-state index contributed by atoms with van der Waals surface area (Å²) in [6.45, 7) is 2.68. The molecule has 1 aliphatic rings. The number of aromatic carboxylic acids is 1. The summed E-state index contributed by atoms with van der Waals surface area (Å²) >= 11 is 8.30. The van der Waals surface area contributed by atoms with Gasteiger partial charge in [0.2, 0.25) is 0 Å². The molecule has 1 saturated carbocycles. The molecule has 0 aliphatic heterocycles. The van der Waals surface area contributed by atoms with Crippen molar-refractivity contribution in [1.29, 1.82) is 0 Å². The Kier molecular flexibility index (Phi) is 7.29. The first-order valence-electron chi connectivity index (χ1n) is 11.2. The highest BCUT2D eigenvalue weighted by atomic mass is 35.5. The van der Waals surface area contributed by atoms with Crippen molar-refractivity contribution in [1.82, 2.24) is 4.98 Å². The van der Waals surface area contributed by atoms with E-state index in [1.807, 2.05) is 36.0 Å². The van der Waals surface area contributed by atoms with Crippen LogP contribution < -0.4 is 0 Å². The number of halogens is 1. The standard InChI is InChI=1S/C26H28ClNO3S/c1-2-26(24-15-28-17-32-24,21-9-4-3-5-10-21)31-16-18-11-12-22(23(27)13-18)19-7-6-8-20(14-19)25(29)30/h6-8,11-15,17,21H,2-5,9-10,16H2,1H3,(H,29,30). The maximum atomic E-state index is 11.3. The molecule has 0 radical (unpaired) electrons. The van der Waals surface area contributed by atoms with E-state index in [0.29, 0.717) is 17.5 Å². The van der Waals surface area contributed by atoms with Gasteiger partial charge in [-0.3, -0.25) is 4.98 Å². The Morgan fingerprint density at radius 3 is 2.69 bits per heavy atom. The van der Waals surface area contributed by atoms with Gasteiger partial charge in [0.1, 0.15) is 5.60 Å². The third-order valence-electron chi connectivity index (χ3n) is 6.59. The second-order valence-electron chi connectivity index (χ2n) is 8.43. The highest BCUT2D eigenvalue weighted by Crippen LogP contribution is 2.46. The summed E-state index contributed by atoms with van der Waals surface area (Å²) in [5, 5.41) is 9.86. The van der Waals surface area contributed by atoms with Gasteiger partial charge in [-0.1, -0.05) is 62.1 Å². The van der Waals surface area contributed by atoms with E-state index in [-0.39, 0.29) is 11.2 Å². The lowest BCUT2D eigenvalue weighted by Gasteiger charge is -2.41. The Morgan fingerprint density at radius 1 is 1.22 bits per heavy atom. The number of aromatic nitrogens is 1. The number of thiazole rings is 1. The number of benzene rings is 2. The minimum absolute atomic E-state index is 0.246. The van der Waals surface area contributed by atoms with Crippen LogP contribution in [0.1, 0.15) is 66.2 Å². The van der Waals surface area contributed by atoms with Crippen LogP contribution in [0.2, 0.25) is 5.02 Å². The first kappa shape index (κ1) is 23.0. The minimum atomic E-state index is -0.949. The molecule has 1 unspecified atom stereocenters. The average molecular weight is 470 g/mol. The largest absolute Gasteiger partial charge is 0.478 e. The number of carboxylic acids is 1. The van der Waals surface area contributed by atoms with Crippen LogP contribution in [-0.2, 0) is 16.9 Å². The number of carboxylic acid groups (broad SMARTS) is 1. The normalized spacial score (nSPS) is 16.6. The number of nitrogens with zero attached hydrogens (tertiary/aromatic N) is 1. The van der Waals surface area contributed by atoms with Crippen molar-refractivity contribution >= 4 is 28.9 Å². The zero-order valence-corrected chi connectivity index (χ0v) is 19.8. The van der Waals surface area contributed by atoms with E-state index in [1.165, 1.54) is 37.0 Å². The lowest BCUT2D eigenvalue weighted by molar-refractivity contribution is -0.113. The van der Waals surface area contributed by atoms with Gasteiger partial charge in [0.25, 0.3) is 0 Å². The fourth-order valence-electron chi connectivity index (χ4n) is 4.86. The van der Waals surface area contributed by atoms with E-state index in [2.05, 4.69) is 11.9 Å². The zero-order chi connectivity index (χ0) is 22.6. The van der Waals surface area contributed by atoms with E-state index in [1.54, 1.807) is 29.5 Å². The molecule has 2 aromatic carbocycles. The Hall–Kier alpha value is -2.21. The maximum Gasteiger partial charge on any atom is 0.335 e. The first-order chi connectivity index (χ1) is 15.5. The van der Waals surface area contributed by atoms with Gasteiger partial charge >= 0.3 is 5.97 Å². The average Bonchev–Trinajstić information content (AvgIpc) is 3.36. The predicted octanol–water partition coefficient (Wildman–Crippen LogP) is 7.56. The molecule has 0 spiro atoms. The number of hydrogen-bond donors (Lipinski definition) is 1. The van der Waals surface area contributed by atoms with E-state index in [0.717, 1.165) is 23.1 Å². The highest BCUT2D eigenvalue weighted by Gasteiger charge is 2.41. The highest BCUT2D eigenvalue weighted by molar-refractivity contribution is 7.09. The topological polar surface area (TPSA) is 59.4 Å². The molecule has 3 aromatic rings. The summed E-state index contributed by atoms with van der Waals surface area (Å²) < 4.78 is 6.73. The van der Waals surface area contributed by atoms with Crippen molar-refractivity contribution in [3.05, 3.63) is 75.2 Å². The predicted molar refractivity (Wildman–Crippen MR) is 129 cm³/mol. The Labute approximate surface area is 198 Å². The molecule has 32 heavy (non-hydrogen) atoms. The second-order valence-corrected chi connectivity index (χ2v) is 9.73. The van der Waals surface area contributed by atoms with Crippen molar-refractivity contribution in [2.45, 2.75) is 57.7 Å². The summed E-state index contributed by atoms with van der Waals surface area (Å²) in [4.78, 5) is 16.9. The van der Waals surface area contributed by atoms with Crippen LogP contribution in [-0.4, -0.2) is 16.1 Å². The van der Waals surface area contributed by atoms with Crippen molar-refractivity contribution in [3.63, 3.8) is 0 Å². The lowest BCUT2D eigenvalue weighted by atomic mass is 9.74. The summed E-state index contributed by atoms with van der Waals surface area (Å²) in [6.07, 6.45) is 9.06. The third kappa shape index (κ3) is 4.75. The van der Waals surface area contributed by atoms with Crippen molar-refractivity contribution < 1.29 is 14.6 Å². The fourth-order valence-corrected chi connectivity index (χ4v) is 6.10. The van der Waals surface area contributed by atoms with Crippen LogP contribution in [0.5, 0.6) is 0 Å². The van der Waals surface area contributed by atoms with Crippen LogP contribution >= 0.6 is 22.9 Å².